The lowest BCUT2D eigenvalue weighted by molar-refractivity contribution is -0.0505. The Morgan fingerprint density at radius 2 is 2.17 bits per heavy atom. The molecule has 0 bridgehead atoms. The van der Waals surface area contributed by atoms with Crippen molar-refractivity contribution in [1.82, 2.24) is 0 Å². The second-order valence-corrected chi connectivity index (χ2v) is 3.34. The summed E-state index contributed by atoms with van der Waals surface area (Å²) in [5.41, 5.74) is 0.416. The van der Waals surface area contributed by atoms with E-state index in [1.54, 1.807) is 13.0 Å². The fraction of sp³-hybridized carbons (Fsp3) is 0.333. The second-order valence-electron chi connectivity index (χ2n) is 3.34. The van der Waals surface area contributed by atoms with Gasteiger partial charge in [-0.05, 0) is 18.6 Å². The predicted octanol–water partition coefficient (Wildman–Crippen LogP) is 2.51. The Balaban J connectivity index is 3.40. The Hall–Kier alpha value is -2.16. The number of halogens is 2. The van der Waals surface area contributed by atoms with Crippen LogP contribution in [0.2, 0.25) is 0 Å². The third-order valence-electron chi connectivity index (χ3n) is 2.31. The van der Waals surface area contributed by atoms with E-state index in [1.807, 2.05) is 0 Å². The van der Waals surface area contributed by atoms with Gasteiger partial charge in [0.05, 0.1) is 24.3 Å². The molecule has 0 radical (unpaired) electrons. The number of hydrogen-bond donors (Lipinski definition) is 0. The Morgan fingerprint density at radius 3 is 2.61 bits per heavy atom. The van der Waals surface area contributed by atoms with Crippen LogP contribution >= 0.6 is 0 Å². The molecule has 0 saturated carbocycles. The van der Waals surface area contributed by atoms with Gasteiger partial charge in [-0.25, -0.2) is 4.79 Å². The molecule has 0 saturated heterocycles. The minimum absolute atomic E-state index is 0.0586. The van der Waals surface area contributed by atoms with Crippen molar-refractivity contribution in [2.45, 2.75) is 20.0 Å². The summed E-state index contributed by atoms with van der Waals surface area (Å²) in [7, 11) is 1.18. The monoisotopic (exact) mass is 255 g/mol. The first-order chi connectivity index (χ1) is 8.53. The highest BCUT2D eigenvalue weighted by Gasteiger charge is 2.19. The molecule has 1 aromatic rings. The maximum absolute atomic E-state index is 12.3. The molecule has 0 aliphatic carbocycles. The van der Waals surface area contributed by atoms with E-state index in [-0.39, 0.29) is 16.9 Å². The summed E-state index contributed by atoms with van der Waals surface area (Å²) in [6.07, 6.45) is 0.304. The summed E-state index contributed by atoms with van der Waals surface area (Å²) in [5, 5.41) is 8.79. The fourth-order valence-corrected chi connectivity index (χ4v) is 1.57. The van der Waals surface area contributed by atoms with Crippen molar-refractivity contribution in [2.75, 3.05) is 7.11 Å². The Morgan fingerprint density at radius 1 is 1.50 bits per heavy atom. The van der Waals surface area contributed by atoms with Gasteiger partial charge >= 0.3 is 12.6 Å². The third kappa shape index (κ3) is 2.94. The molecule has 0 atom stereocenters. The maximum atomic E-state index is 12.3. The lowest BCUT2D eigenvalue weighted by Gasteiger charge is -2.13. The van der Waals surface area contributed by atoms with Gasteiger partial charge in [0, 0.05) is 5.56 Å². The molecule has 0 N–H and O–H groups in total. The van der Waals surface area contributed by atoms with Crippen molar-refractivity contribution >= 4 is 5.97 Å². The zero-order valence-electron chi connectivity index (χ0n) is 9.87. The van der Waals surface area contributed by atoms with Crippen LogP contribution in [0.15, 0.2) is 12.1 Å². The molecule has 18 heavy (non-hydrogen) atoms. The smallest absolute Gasteiger partial charge is 0.387 e. The molecule has 96 valence electrons. The third-order valence-corrected chi connectivity index (χ3v) is 2.31. The number of carbonyl (C=O) groups is 1. The van der Waals surface area contributed by atoms with E-state index in [2.05, 4.69) is 9.47 Å². The van der Waals surface area contributed by atoms with Gasteiger partial charge in [-0.15, -0.1) is 0 Å². The summed E-state index contributed by atoms with van der Waals surface area (Å²) >= 11 is 0. The first-order valence-electron chi connectivity index (χ1n) is 5.13. The van der Waals surface area contributed by atoms with Crippen molar-refractivity contribution in [2.24, 2.45) is 0 Å². The molecule has 1 aromatic carbocycles. The van der Waals surface area contributed by atoms with Crippen molar-refractivity contribution < 1.29 is 23.0 Å². The lowest BCUT2D eigenvalue weighted by Crippen LogP contribution is -2.10. The highest BCUT2D eigenvalue weighted by atomic mass is 19.3. The van der Waals surface area contributed by atoms with E-state index in [4.69, 9.17) is 5.26 Å². The van der Waals surface area contributed by atoms with Gasteiger partial charge in [0.2, 0.25) is 0 Å². The van der Waals surface area contributed by atoms with Crippen molar-refractivity contribution in [1.29, 1.82) is 5.26 Å². The van der Waals surface area contributed by atoms with E-state index < -0.39 is 12.6 Å². The minimum atomic E-state index is -3.02. The van der Waals surface area contributed by atoms with E-state index in [9.17, 15) is 13.6 Å². The zero-order chi connectivity index (χ0) is 13.7. The topological polar surface area (TPSA) is 59.3 Å². The van der Waals surface area contributed by atoms with Crippen LogP contribution in [0.1, 0.15) is 28.4 Å². The number of methoxy groups -OCH3 is 1. The van der Waals surface area contributed by atoms with Gasteiger partial charge in [-0.3, -0.25) is 0 Å². The number of hydrogen-bond acceptors (Lipinski definition) is 4. The molecule has 0 spiro atoms. The lowest BCUT2D eigenvalue weighted by atomic mass is 10.0. The SMILES string of the molecule is CCc1c(OC(F)F)cc(C#N)cc1C(=O)OC. The average molecular weight is 255 g/mol. The predicted molar refractivity (Wildman–Crippen MR) is 58.5 cm³/mol. The highest BCUT2D eigenvalue weighted by Crippen LogP contribution is 2.27. The van der Waals surface area contributed by atoms with Crippen LogP contribution in [0.3, 0.4) is 0 Å². The van der Waals surface area contributed by atoms with Crippen LogP contribution in [0.4, 0.5) is 8.78 Å². The standard InChI is InChI=1S/C12H11F2NO3/c1-3-8-9(11(16)17-2)4-7(6-15)5-10(8)18-12(13)14/h4-5,12H,3H2,1-2H3. The number of esters is 1. The Labute approximate surface area is 103 Å². The number of alkyl halides is 2. The number of nitriles is 1. The van der Waals surface area contributed by atoms with Gasteiger partial charge in [0.15, 0.2) is 0 Å². The van der Waals surface area contributed by atoms with Crippen LogP contribution in [-0.4, -0.2) is 19.7 Å². The van der Waals surface area contributed by atoms with Crippen LogP contribution in [0, 0.1) is 11.3 Å². The summed E-state index contributed by atoms with van der Waals surface area (Å²) in [5.74, 6) is -0.866. The van der Waals surface area contributed by atoms with Gasteiger partial charge in [-0.1, -0.05) is 6.92 Å². The number of ether oxygens (including phenoxy) is 2. The maximum Gasteiger partial charge on any atom is 0.387 e. The number of benzene rings is 1. The Kier molecular flexibility index (Phi) is 4.60. The molecular weight excluding hydrogens is 244 g/mol. The zero-order valence-corrected chi connectivity index (χ0v) is 9.87. The van der Waals surface area contributed by atoms with Gasteiger partial charge < -0.3 is 9.47 Å². The van der Waals surface area contributed by atoms with Crippen molar-refractivity contribution in [3.63, 3.8) is 0 Å². The largest absolute Gasteiger partial charge is 0.465 e. The molecule has 6 heteroatoms. The van der Waals surface area contributed by atoms with Gasteiger partial charge in [0.25, 0.3) is 0 Å². The molecule has 0 heterocycles. The highest BCUT2D eigenvalue weighted by molar-refractivity contribution is 5.92. The molecule has 4 nitrogen and oxygen atoms in total. The van der Waals surface area contributed by atoms with E-state index >= 15 is 0 Å². The number of carbonyl (C=O) groups excluding carboxylic acids is 1. The normalized spacial score (nSPS) is 10.0. The molecule has 0 amide bonds. The number of rotatable bonds is 4. The molecule has 0 aliphatic rings. The molecule has 0 aromatic heterocycles. The quantitative estimate of drug-likeness (QED) is 0.775. The molecule has 0 unspecified atom stereocenters. The molecule has 1 rings (SSSR count). The van der Waals surface area contributed by atoms with Crippen LogP contribution in [-0.2, 0) is 11.2 Å². The van der Waals surface area contributed by atoms with Crippen LogP contribution < -0.4 is 4.74 Å². The fourth-order valence-electron chi connectivity index (χ4n) is 1.57. The minimum Gasteiger partial charge on any atom is -0.465 e. The van der Waals surface area contributed by atoms with E-state index in [0.29, 0.717) is 12.0 Å². The molecule has 0 fully saturated rings. The summed E-state index contributed by atoms with van der Waals surface area (Å²) in [4.78, 5) is 11.5. The average Bonchev–Trinajstić information content (AvgIpc) is 2.36. The summed E-state index contributed by atoms with van der Waals surface area (Å²) in [6, 6.07) is 4.25. The molecular formula is C12H11F2NO3. The summed E-state index contributed by atoms with van der Waals surface area (Å²) < 4.78 is 33.4. The first kappa shape index (κ1) is 13.9. The van der Waals surface area contributed by atoms with Gasteiger partial charge in [-0.2, -0.15) is 14.0 Å². The van der Waals surface area contributed by atoms with Gasteiger partial charge in [0.1, 0.15) is 5.75 Å². The van der Waals surface area contributed by atoms with Crippen molar-refractivity contribution in [3.05, 3.63) is 28.8 Å². The van der Waals surface area contributed by atoms with Crippen LogP contribution in [0.25, 0.3) is 0 Å². The first-order valence-corrected chi connectivity index (χ1v) is 5.13. The van der Waals surface area contributed by atoms with Crippen molar-refractivity contribution in [3.8, 4) is 11.8 Å². The Bertz CT molecular complexity index is 495. The summed E-state index contributed by atoms with van der Waals surface area (Å²) in [6.45, 7) is -1.33. The number of nitrogens with zero attached hydrogens (tertiary/aromatic N) is 1. The molecule has 0 aliphatic heterocycles. The second kappa shape index (κ2) is 5.96. The van der Waals surface area contributed by atoms with Crippen LogP contribution in [0.5, 0.6) is 5.75 Å². The van der Waals surface area contributed by atoms with E-state index in [1.165, 1.54) is 19.2 Å². The van der Waals surface area contributed by atoms with E-state index in [0.717, 1.165) is 0 Å².